The van der Waals surface area contributed by atoms with Crippen LogP contribution in [0.15, 0.2) is 4.52 Å². The van der Waals surface area contributed by atoms with Gasteiger partial charge < -0.3 is 9.63 Å². The zero-order valence-corrected chi connectivity index (χ0v) is 11.2. The third kappa shape index (κ3) is 2.86. The molecule has 1 fully saturated rings. The van der Waals surface area contributed by atoms with Gasteiger partial charge in [-0.25, -0.2) is 0 Å². The molecule has 96 valence electrons. The van der Waals surface area contributed by atoms with Crippen molar-refractivity contribution < 1.29 is 9.63 Å². The van der Waals surface area contributed by atoms with Crippen molar-refractivity contribution in [2.45, 2.75) is 64.4 Å². The highest BCUT2D eigenvalue weighted by atomic mass is 16.5. The fourth-order valence-corrected chi connectivity index (χ4v) is 2.44. The maximum atomic E-state index is 10.4. The lowest BCUT2D eigenvalue weighted by molar-refractivity contribution is 0.0368. The van der Waals surface area contributed by atoms with E-state index in [1.807, 2.05) is 20.8 Å². The summed E-state index contributed by atoms with van der Waals surface area (Å²) in [4.78, 5) is 4.38. The highest BCUT2D eigenvalue weighted by molar-refractivity contribution is 5.02. The molecule has 1 heterocycles. The molecular weight excluding hydrogens is 216 g/mol. The van der Waals surface area contributed by atoms with Crippen LogP contribution in [0.3, 0.4) is 0 Å². The van der Waals surface area contributed by atoms with Gasteiger partial charge >= 0.3 is 0 Å². The van der Waals surface area contributed by atoms with Crippen LogP contribution in [0.25, 0.3) is 0 Å². The van der Waals surface area contributed by atoms with E-state index in [0.29, 0.717) is 24.1 Å². The molecule has 1 aromatic heterocycles. The zero-order valence-electron chi connectivity index (χ0n) is 11.2. The van der Waals surface area contributed by atoms with Crippen molar-refractivity contribution in [2.24, 2.45) is 5.92 Å². The minimum Gasteiger partial charge on any atom is -0.389 e. The van der Waals surface area contributed by atoms with Gasteiger partial charge in [-0.15, -0.1) is 0 Å². The van der Waals surface area contributed by atoms with Gasteiger partial charge in [0.1, 0.15) is 0 Å². The first-order valence-corrected chi connectivity index (χ1v) is 6.34. The Morgan fingerprint density at radius 1 is 1.47 bits per heavy atom. The van der Waals surface area contributed by atoms with Gasteiger partial charge in [0, 0.05) is 5.41 Å². The largest absolute Gasteiger partial charge is 0.389 e. The van der Waals surface area contributed by atoms with E-state index < -0.39 is 5.60 Å². The second kappa shape index (κ2) is 4.09. The van der Waals surface area contributed by atoms with Gasteiger partial charge in [-0.3, -0.25) is 0 Å². The summed E-state index contributed by atoms with van der Waals surface area (Å²) in [6.45, 7) is 8.32. The summed E-state index contributed by atoms with van der Waals surface area (Å²) in [6.07, 6.45) is 3.23. The summed E-state index contributed by atoms with van der Waals surface area (Å²) in [5, 5.41) is 14.4. The van der Waals surface area contributed by atoms with E-state index in [4.69, 9.17) is 4.52 Å². The average Bonchev–Trinajstić information content (AvgIpc) is 2.73. The number of hydrogen-bond donors (Lipinski definition) is 1. The smallest absolute Gasteiger partial charge is 0.229 e. The lowest BCUT2D eigenvalue weighted by atomic mass is 9.95. The average molecular weight is 238 g/mol. The molecular formula is C13H22N2O2. The van der Waals surface area contributed by atoms with Crippen molar-refractivity contribution in [3.05, 3.63) is 11.7 Å². The zero-order chi connectivity index (χ0) is 12.7. The van der Waals surface area contributed by atoms with Gasteiger partial charge in [-0.1, -0.05) is 32.9 Å². The monoisotopic (exact) mass is 238 g/mol. The second-order valence-electron chi connectivity index (χ2n) is 6.51. The summed E-state index contributed by atoms with van der Waals surface area (Å²) >= 11 is 0. The first-order valence-electron chi connectivity index (χ1n) is 6.34. The molecule has 0 amide bonds. The highest BCUT2D eigenvalue weighted by Crippen LogP contribution is 2.36. The number of aliphatic hydroxyl groups is 1. The van der Waals surface area contributed by atoms with Crippen LogP contribution in [-0.4, -0.2) is 20.8 Å². The SMILES string of the molecule is CC1CCC(O)(Cc2nc(C(C)(C)C)no2)C1. The van der Waals surface area contributed by atoms with Gasteiger partial charge in [0.25, 0.3) is 0 Å². The third-order valence-electron chi connectivity index (χ3n) is 3.45. The highest BCUT2D eigenvalue weighted by Gasteiger charge is 2.37. The van der Waals surface area contributed by atoms with Gasteiger partial charge in [0.15, 0.2) is 5.82 Å². The second-order valence-corrected chi connectivity index (χ2v) is 6.51. The van der Waals surface area contributed by atoms with E-state index in [2.05, 4.69) is 17.1 Å². The van der Waals surface area contributed by atoms with Gasteiger partial charge in [0.2, 0.25) is 5.89 Å². The summed E-state index contributed by atoms with van der Waals surface area (Å²) in [6, 6.07) is 0. The fourth-order valence-electron chi connectivity index (χ4n) is 2.44. The molecule has 0 bridgehead atoms. The predicted molar refractivity (Wildman–Crippen MR) is 64.7 cm³/mol. The molecule has 0 saturated heterocycles. The van der Waals surface area contributed by atoms with E-state index in [1.165, 1.54) is 0 Å². The maximum absolute atomic E-state index is 10.4. The number of aromatic nitrogens is 2. The number of hydrogen-bond acceptors (Lipinski definition) is 4. The van der Waals surface area contributed by atoms with Crippen molar-refractivity contribution in [1.29, 1.82) is 0 Å². The van der Waals surface area contributed by atoms with Crippen LogP contribution in [0.2, 0.25) is 0 Å². The molecule has 0 aliphatic heterocycles. The minimum absolute atomic E-state index is 0.104. The molecule has 4 heteroatoms. The van der Waals surface area contributed by atoms with Crippen molar-refractivity contribution >= 4 is 0 Å². The molecule has 2 unspecified atom stereocenters. The van der Waals surface area contributed by atoms with Gasteiger partial charge in [0.05, 0.1) is 12.0 Å². The molecule has 1 N–H and O–H groups in total. The molecule has 0 radical (unpaired) electrons. The Labute approximate surface area is 102 Å². The fraction of sp³-hybridized carbons (Fsp3) is 0.846. The van der Waals surface area contributed by atoms with Crippen LogP contribution >= 0.6 is 0 Å². The first-order chi connectivity index (χ1) is 7.78. The molecule has 0 spiro atoms. The van der Waals surface area contributed by atoms with Crippen molar-refractivity contribution in [2.75, 3.05) is 0 Å². The Hall–Kier alpha value is -0.900. The topological polar surface area (TPSA) is 59.2 Å². The Kier molecular flexibility index (Phi) is 3.02. The van der Waals surface area contributed by atoms with E-state index in [0.717, 1.165) is 19.3 Å². The molecule has 1 aromatic rings. The van der Waals surface area contributed by atoms with Gasteiger partial charge in [-0.2, -0.15) is 4.98 Å². The molecule has 17 heavy (non-hydrogen) atoms. The maximum Gasteiger partial charge on any atom is 0.229 e. The van der Waals surface area contributed by atoms with Crippen LogP contribution in [0.1, 0.15) is 58.7 Å². The van der Waals surface area contributed by atoms with Crippen LogP contribution in [0, 0.1) is 5.92 Å². The molecule has 2 atom stereocenters. The minimum atomic E-state index is -0.638. The normalized spacial score (nSPS) is 29.8. The molecule has 4 nitrogen and oxygen atoms in total. The summed E-state index contributed by atoms with van der Waals surface area (Å²) in [5.41, 5.74) is -0.742. The lowest BCUT2D eigenvalue weighted by Gasteiger charge is -2.19. The van der Waals surface area contributed by atoms with Gasteiger partial charge in [-0.05, 0) is 25.2 Å². The third-order valence-corrected chi connectivity index (χ3v) is 3.45. The Morgan fingerprint density at radius 3 is 2.65 bits per heavy atom. The van der Waals surface area contributed by atoms with Crippen molar-refractivity contribution in [3.8, 4) is 0 Å². The van der Waals surface area contributed by atoms with E-state index in [-0.39, 0.29) is 5.41 Å². The molecule has 0 aromatic carbocycles. The van der Waals surface area contributed by atoms with E-state index in [1.54, 1.807) is 0 Å². The summed E-state index contributed by atoms with van der Waals surface area (Å²) in [5.74, 6) is 1.86. The van der Waals surface area contributed by atoms with Crippen LogP contribution in [-0.2, 0) is 11.8 Å². The summed E-state index contributed by atoms with van der Waals surface area (Å²) in [7, 11) is 0. The first kappa shape index (κ1) is 12.6. The molecule has 1 aliphatic carbocycles. The van der Waals surface area contributed by atoms with E-state index in [9.17, 15) is 5.11 Å². The molecule has 1 saturated carbocycles. The number of rotatable bonds is 2. The van der Waals surface area contributed by atoms with Crippen LogP contribution in [0.4, 0.5) is 0 Å². The van der Waals surface area contributed by atoms with Crippen LogP contribution < -0.4 is 0 Å². The summed E-state index contributed by atoms with van der Waals surface area (Å²) < 4.78 is 5.23. The number of nitrogens with zero attached hydrogens (tertiary/aromatic N) is 2. The van der Waals surface area contributed by atoms with Crippen molar-refractivity contribution in [3.63, 3.8) is 0 Å². The van der Waals surface area contributed by atoms with E-state index >= 15 is 0 Å². The van der Waals surface area contributed by atoms with Crippen LogP contribution in [0.5, 0.6) is 0 Å². The Morgan fingerprint density at radius 2 is 2.18 bits per heavy atom. The Balaban J connectivity index is 2.07. The molecule has 2 rings (SSSR count). The quantitative estimate of drug-likeness (QED) is 0.859. The Bertz CT molecular complexity index is 394. The predicted octanol–water partition coefficient (Wildman–Crippen LogP) is 2.46. The lowest BCUT2D eigenvalue weighted by Crippen LogP contribution is -2.28. The molecule has 1 aliphatic rings. The van der Waals surface area contributed by atoms with Crippen molar-refractivity contribution in [1.82, 2.24) is 10.1 Å². The standard InChI is InChI=1S/C13H22N2O2/c1-9-5-6-13(16,7-9)8-10-14-11(15-17-10)12(2,3)4/h9,16H,5-8H2,1-4H3.